The maximum absolute atomic E-state index is 11.7. The number of nitrogens with zero attached hydrogens (tertiary/aromatic N) is 2. The van der Waals surface area contributed by atoms with Crippen LogP contribution in [-0.2, 0) is 18.0 Å². The number of carboxylic acids is 1. The van der Waals surface area contributed by atoms with Gasteiger partial charge in [-0.3, -0.25) is 4.79 Å². The monoisotopic (exact) mass is 540 g/mol. The minimum absolute atomic E-state index is 0.0254. The first-order valence-corrected chi connectivity index (χ1v) is 13.5. The molecule has 0 fully saturated rings. The van der Waals surface area contributed by atoms with Gasteiger partial charge in [-0.15, -0.1) is 0 Å². The summed E-state index contributed by atoms with van der Waals surface area (Å²) >= 11 is 0. The summed E-state index contributed by atoms with van der Waals surface area (Å²) in [5.74, 6) is 0.230. The lowest BCUT2D eigenvalue weighted by Gasteiger charge is -2.17. The van der Waals surface area contributed by atoms with E-state index >= 15 is 0 Å². The van der Waals surface area contributed by atoms with Crippen LogP contribution < -0.4 is 9.47 Å². The van der Waals surface area contributed by atoms with E-state index in [1.165, 1.54) is 0 Å². The van der Waals surface area contributed by atoms with Crippen LogP contribution in [0.1, 0.15) is 34.9 Å². The minimum Gasteiger partial charge on any atom is -0.487 e. The summed E-state index contributed by atoms with van der Waals surface area (Å²) in [5.41, 5.74) is 5.35. The average molecular weight is 541 g/mol. The quantitative estimate of drug-likeness (QED) is 0.193. The zero-order valence-corrected chi connectivity index (χ0v) is 22.3. The van der Waals surface area contributed by atoms with Crippen LogP contribution in [0.2, 0.25) is 0 Å². The van der Waals surface area contributed by atoms with Gasteiger partial charge in [-0.25, -0.2) is 9.97 Å². The molecule has 41 heavy (non-hydrogen) atoms. The molecule has 0 aliphatic heterocycles. The van der Waals surface area contributed by atoms with Gasteiger partial charge in [0, 0.05) is 16.7 Å². The Labute approximate surface area is 237 Å². The van der Waals surface area contributed by atoms with Gasteiger partial charge in [-0.05, 0) is 59.7 Å². The smallest absolute Gasteiger partial charge is 0.304 e. The van der Waals surface area contributed by atoms with E-state index in [1.54, 1.807) is 0 Å². The number of hydrogen-bond acceptors (Lipinski definition) is 5. The Morgan fingerprint density at radius 3 is 1.46 bits per heavy atom. The van der Waals surface area contributed by atoms with Crippen molar-refractivity contribution in [2.24, 2.45) is 0 Å². The van der Waals surface area contributed by atoms with E-state index in [0.717, 1.165) is 44.3 Å². The van der Waals surface area contributed by atoms with Gasteiger partial charge in [-0.2, -0.15) is 0 Å². The molecule has 202 valence electrons. The van der Waals surface area contributed by atoms with E-state index in [2.05, 4.69) is 9.97 Å². The standard InChI is InChI=1S/C35H28N2O4/c38-35(39)21-32(24-11-17-30(18-12-24)40-22-28-15-9-26-5-1-3-7-33(26)36-28)25-13-19-31(20-14-25)41-23-29-16-10-27-6-2-4-8-34(27)37-29/h1-20,32H,21-23H2,(H,38,39). The topological polar surface area (TPSA) is 81.5 Å². The summed E-state index contributed by atoms with van der Waals surface area (Å²) in [5, 5.41) is 11.8. The average Bonchev–Trinajstić information content (AvgIpc) is 3.02. The van der Waals surface area contributed by atoms with Crippen molar-refractivity contribution in [1.29, 1.82) is 0 Å². The molecule has 0 aliphatic carbocycles. The van der Waals surface area contributed by atoms with Crippen molar-refractivity contribution in [2.45, 2.75) is 25.6 Å². The molecular weight excluding hydrogens is 512 g/mol. The van der Waals surface area contributed by atoms with Crippen LogP contribution >= 0.6 is 0 Å². The number of carboxylic acid groups (broad SMARTS) is 1. The van der Waals surface area contributed by atoms with Crippen molar-refractivity contribution in [2.75, 3.05) is 0 Å². The van der Waals surface area contributed by atoms with Crippen molar-refractivity contribution < 1.29 is 19.4 Å². The van der Waals surface area contributed by atoms with E-state index in [1.807, 2.05) is 121 Å². The van der Waals surface area contributed by atoms with E-state index < -0.39 is 5.97 Å². The first-order chi connectivity index (χ1) is 20.1. The second-order valence-electron chi connectivity index (χ2n) is 9.86. The Hall–Kier alpha value is -5.23. The molecule has 6 heteroatoms. The summed E-state index contributed by atoms with van der Waals surface area (Å²) in [6.07, 6.45) is -0.0254. The second-order valence-corrected chi connectivity index (χ2v) is 9.86. The van der Waals surface area contributed by atoms with Crippen LogP contribution in [0, 0.1) is 0 Å². The molecule has 0 saturated carbocycles. The third-order valence-corrected chi connectivity index (χ3v) is 7.03. The van der Waals surface area contributed by atoms with E-state index in [4.69, 9.17) is 9.47 Å². The van der Waals surface area contributed by atoms with Gasteiger partial charge >= 0.3 is 5.97 Å². The molecule has 6 nitrogen and oxygen atoms in total. The van der Waals surface area contributed by atoms with Crippen LogP contribution in [0.3, 0.4) is 0 Å². The number of aromatic nitrogens is 2. The number of rotatable bonds is 10. The van der Waals surface area contributed by atoms with Gasteiger partial charge in [0.25, 0.3) is 0 Å². The van der Waals surface area contributed by atoms with Crippen LogP contribution in [0.5, 0.6) is 11.5 Å². The molecule has 0 aliphatic rings. The maximum Gasteiger partial charge on any atom is 0.304 e. The fourth-order valence-corrected chi connectivity index (χ4v) is 4.89. The van der Waals surface area contributed by atoms with Crippen LogP contribution in [0.25, 0.3) is 21.8 Å². The molecule has 0 spiro atoms. The third-order valence-electron chi connectivity index (χ3n) is 7.03. The summed E-state index contributed by atoms with van der Waals surface area (Å²) in [6, 6.07) is 39.1. The molecule has 0 radical (unpaired) electrons. The Bertz CT molecular complexity index is 1670. The normalized spacial score (nSPS) is 11.1. The maximum atomic E-state index is 11.7. The molecule has 0 amide bonds. The number of fused-ring (bicyclic) bond motifs is 2. The van der Waals surface area contributed by atoms with Crippen LogP contribution in [0.15, 0.2) is 121 Å². The third kappa shape index (κ3) is 6.34. The van der Waals surface area contributed by atoms with Crippen LogP contribution in [-0.4, -0.2) is 21.0 Å². The molecular formula is C35H28N2O4. The van der Waals surface area contributed by atoms with Gasteiger partial charge in [0.1, 0.15) is 24.7 Å². The zero-order valence-electron chi connectivity index (χ0n) is 22.3. The molecule has 0 unspecified atom stereocenters. The molecule has 2 aromatic heterocycles. The lowest BCUT2D eigenvalue weighted by molar-refractivity contribution is -0.137. The van der Waals surface area contributed by atoms with Gasteiger partial charge < -0.3 is 14.6 Å². The highest BCUT2D eigenvalue weighted by atomic mass is 16.5. The molecule has 6 aromatic rings. The first-order valence-electron chi connectivity index (χ1n) is 13.5. The summed E-state index contributed by atoms with van der Waals surface area (Å²) < 4.78 is 11.9. The van der Waals surface area contributed by atoms with Gasteiger partial charge in [0.05, 0.1) is 28.8 Å². The van der Waals surface area contributed by atoms with Crippen LogP contribution in [0.4, 0.5) is 0 Å². The zero-order chi connectivity index (χ0) is 28.0. The molecule has 1 N–H and O–H groups in total. The highest BCUT2D eigenvalue weighted by molar-refractivity contribution is 5.79. The number of para-hydroxylation sites is 2. The Morgan fingerprint density at radius 2 is 1.02 bits per heavy atom. The molecule has 0 atom stereocenters. The predicted molar refractivity (Wildman–Crippen MR) is 159 cm³/mol. The number of pyridine rings is 2. The predicted octanol–water partition coefficient (Wildman–Crippen LogP) is 7.55. The lowest BCUT2D eigenvalue weighted by atomic mass is 9.88. The number of benzene rings is 4. The number of ether oxygens (including phenoxy) is 2. The highest BCUT2D eigenvalue weighted by Gasteiger charge is 2.18. The number of aliphatic carboxylic acids is 1. The van der Waals surface area contributed by atoms with Crippen molar-refractivity contribution in [3.8, 4) is 11.5 Å². The largest absolute Gasteiger partial charge is 0.487 e. The number of carbonyl (C=O) groups is 1. The fraction of sp³-hybridized carbons (Fsp3) is 0.114. The summed E-state index contributed by atoms with van der Waals surface area (Å²) in [6.45, 7) is 0.692. The Morgan fingerprint density at radius 1 is 0.585 bits per heavy atom. The van der Waals surface area contributed by atoms with E-state index in [-0.39, 0.29) is 12.3 Å². The molecule has 0 bridgehead atoms. The van der Waals surface area contributed by atoms with Gasteiger partial charge in [0.2, 0.25) is 0 Å². The minimum atomic E-state index is -0.861. The molecule has 0 saturated heterocycles. The van der Waals surface area contributed by atoms with E-state index in [0.29, 0.717) is 24.7 Å². The lowest BCUT2D eigenvalue weighted by Crippen LogP contribution is -2.08. The van der Waals surface area contributed by atoms with Crippen molar-refractivity contribution in [3.63, 3.8) is 0 Å². The van der Waals surface area contributed by atoms with Crippen molar-refractivity contribution in [1.82, 2.24) is 9.97 Å². The first kappa shape index (κ1) is 26.0. The van der Waals surface area contributed by atoms with Crippen molar-refractivity contribution in [3.05, 3.63) is 144 Å². The van der Waals surface area contributed by atoms with Gasteiger partial charge in [0.15, 0.2) is 0 Å². The SMILES string of the molecule is O=C(O)CC(c1ccc(OCc2ccc3ccccc3n2)cc1)c1ccc(OCc2ccc3ccccc3n2)cc1. The Kier molecular flexibility index (Phi) is 7.54. The van der Waals surface area contributed by atoms with Crippen molar-refractivity contribution >= 4 is 27.8 Å². The fourth-order valence-electron chi connectivity index (χ4n) is 4.89. The van der Waals surface area contributed by atoms with Gasteiger partial charge in [-0.1, -0.05) is 72.8 Å². The number of hydrogen-bond donors (Lipinski definition) is 1. The summed E-state index contributed by atoms with van der Waals surface area (Å²) in [7, 11) is 0. The molecule has 2 heterocycles. The van der Waals surface area contributed by atoms with E-state index in [9.17, 15) is 9.90 Å². The molecule has 4 aromatic carbocycles. The molecule has 6 rings (SSSR count). The second kappa shape index (κ2) is 11.9. The summed E-state index contributed by atoms with van der Waals surface area (Å²) in [4.78, 5) is 21.0. The Balaban J connectivity index is 1.11. The highest BCUT2D eigenvalue weighted by Crippen LogP contribution is 2.31.